The molecule has 1 amide bonds. The molecule has 1 heterocycles. The van der Waals surface area contributed by atoms with E-state index in [-0.39, 0.29) is 28.9 Å². The van der Waals surface area contributed by atoms with Crippen LogP contribution in [0.25, 0.3) is 0 Å². The lowest BCUT2D eigenvalue weighted by Crippen LogP contribution is -2.38. The summed E-state index contributed by atoms with van der Waals surface area (Å²) in [4.78, 5) is 12.0. The molecule has 2 rings (SSSR count). The second-order valence-corrected chi connectivity index (χ2v) is 5.28. The van der Waals surface area contributed by atoms with Crippen molar-refractivity contribution in [2.24, 2.45) is 0 Å². The molecule has 0 radical (unpaired) electrons. The standard InChI is InChI=1S/C12H16N2O2S/c13-10-5-1-4-9(11(10)15)12(16)14-8-3-2-6-17-7-8/h1,4-5,8,15H,2-3,6-7,13H2,(H,14,16). The van der Waals surface area contributed by atoms with Gasteiger partial charge in [-0.05, 0) is 30.7 Å². The highest BCUT2D eigenvalue weighted by molar-refractivity contribution is 7.99. The molecule has 5 heteroatoms. The summed E-state index contributed by atoms with van der Waals surface area (Å²) < 4.78 is 0. The number of carbonyl (C=O) groups is 1. The quantitative estimate of drug-likeness (QED) is 0.552. The van der Waals surface area contributed by atoms with E-state index in [0.717, 1.165) is 24.3 Å². The van der Waals surface area contributed by atoms with E-state index in [1.165, 1.54) is 0 Å². The Morgan fingerprint density at radius 1 is 1.53 bits per heavy atom. The molecule has 0 saturated carbocycles. The monoisotopic (exact) mass is 252 g/mol. The molecule has 1 aliphatic heterocycles. The third kappa shape index (κ3) is 2.85. The highest BCUT2D eigenvalue weighted by Crippen LogP contribution is 2.25. The van der Waals surface area contributed by atoms with Crippen LogP contribution in [-0.2, 0) is 0 Å². The van der Waals surface area contributed by atoms with E-state index < -0.39 is 0 Å². The smallest absolute Gasteiger partial charge is 0.255 e. The number of aromatic hydroxyl groups is 1. The Balaban J connectivity index is 2.06. The number of nitrogens with two attached hydrogens (primary N) is 1. The molecule has 1 aliphatic rings. The molecule has 1 aromatic rings. The summed E-state index contributed by atoms with van der Waals surface area (Å²) in [6.45, 7) is 0. The number of para-hydroxylation sites is 1. The fourth-order valence-corrected chi connectivity index (χ4v) is 2.93. The predicted molar refractivity (Wildman–Crippen MR) is 70.3 cm³/mol. The van der Waals surface area contributed by atoms with Crippen molar-refractivity contribution in [3.05, 3.63) is 23.8 Å². The molecular formula is C12H16N2O2S. The number of nitrogens with one attached hydrogen (secondary N) is 1. The van der Waals surface area contributed by atoms with Gasteiger partial charge in [0, 0.05) is 11.8 Å². The predicted octanol–water partition coefficient (Wildman–Crippen LogP) is 1.60. The number of anilines is 1. The van der Waals surface area contributed by atoms with Crippen LogP contribution in [-0.4, -0.2) is 28.6 Å². The highest BCUT2D eigenvalue weighted by Gasteiger charge is 2.19. The fraction of sp³-hybridized carbons (Fsp3) is 0.417. The Morgan fingerprint density at radius 2 is 2.35 bits per heavy atom. The zero-order chi connectivity index (χ0) is 12.3. The van der Waals surface area contributed by atoms with Crippen LogP contribution in [0.2, 0.25) is 0 Å². The van der Waals surface area contributed by atoms with Gasteiger partial charge in [-0.2, -0.15) is 11.8 Å². The lowest BCUT2D eigenvalue weighted by Gasteiger charge is -2.22. The highest BCUT2D eigenvalue weighted by atomic mass is 32.2. The lowest BCUT2D eigenvalue weighted by molar-refractivity contribution is 0.0936. The maximum atomic E-state index is 12.0. The molecule has 1 atom stereocenters. The van der Waals surface area contributed by atoms with Crippen LogP contribution in [0.4, 0.5) is 5.69 Å². The molecule has 1 fully saturated rings. The van der Waals surface area contributed by atoms with Crippen molar-refractivity contribution < 1.29 is 9.90 Å². The van der Waals surface area contributed by atoms with Crippen LogP contribution < -0.4 is 11.1 Å². The molecule has 1 saturated heterocycles. The normalized spacial score (nSPS) is 19.9. The van der Waals surface area contributed by atoms with Gasteiger partial charge >= 0.3 is 0 Å². The van der Waals surface area contributed by atoms with Crippen LogP contribution in [0, 0.1) is 0 Å². The van der Waals surface area contributed by atoms with Crippen molar-refractivity contribution in [2.45, 2.75) is 18.9 Å². The summed E-state index contributed by atoms with van der Waals surface area (Å²) >= 11 is 1.85. The summed E-state index contributed by atoms with van der Waals surface area (Å²) in [5.74, 6) is 1.72. The molecular weight excluding hydrogens is 236 g/mol. The molecule has 0 spiro atoms. The lowest BCUT2D eigenvalue weighted by atomic mass is 10.1. The van der Waals surface area contributed by atoms with E-state index in [1.54, 1.807) is 18.2 Å². The first-order valence-electron chi connectivity index (χ1n) is 5.64. The van der Waals surface area contributed by atoms with Gasteiger partial charge in [0.2, 0.25) is 0 Å². The topological polar surface area (TPSA) is 75.4 Å². The number of benzene rings is 1. The third-order valence-electron chi connectivity index (χ3n) is 2.81. The van der Waals surface area contributed by atoms with Gasteiger partial charge in [-0.1, -0.05) is 6.07 Å². The zero-order valence-corrected chi connectivity index (χ0v) is 10.3. The van der Waals surface area contributed by atoms with Gasteiger partial charge in [0.15, 0.2) is 5.75 Å². The van der Waals surface area contributed by atoms with Crippen LogP contribution in [0.5, 0.6) is 5.75 Å². The Hall–Kier alpha value is -1.36. The molecule has 1 aromatic carbocycles. The molecule has 17 heavy (non-hydrogen) atoms. The number of phenols is 1. The van der Waals surface area contributed by atoms with E-state index >= 15 is 0 Å². The van der Waals surface area contributed by atoms with Crippen molar-refractivity contribution in [2.75, 3.05) is 17.2 Å². The number of hydrogen-bond acceptors (Lipinski definition) is 4. The summed E-state index contributed by atoms with van der Waals surface area (Å²) in [6, 6.07) is 5.01. The number of thioether (sulfide) groups is 1. The second kappa shape index (κ2) is 5.31. The first-order chi connectivity index (χ1) is 8.18. The minimum Gasteiger partial charge on any atom is -0.505 e. The van der Waals surface area contributed by atoms with E-state index in [0.29, 0.717) is 0 Å². The molecule has 0 aromatic heterocycles. The fourth-order valence-electron chi connectivity index (χ4n) is 1.86. The largest absolute Gasteiger partial charge is 0.505 e. The zero-order valence-electron chi connectivity index (χ0n) is 9.48. The third-order valence-corrected chi connectivity index (χ3v) is 4.02. The van der Waals surface area contributed by atoms with Gasteiger partial charge in [-0.15, -0.1) is 0 Å². The van der Waals surface area contributed by atoms with E-state index in [9.17, 15) is 9.90 Å². The maximum absolute atomic E-state index is 12.0. The van der Waals surface area contributed by atoms with Crippen LogP contribution >= 0.6 is 11.8 Å². The molecule has 4 nitrogen and oxygen atoms in total. The minimum absolute atomic E-state index is 0.131. The molecule has 0 aliphatic carbocycles. The van der Waals surface area contributed by atoms with Crippen LogP contribution in [0.3, 0.4) is 0 Å². The van der Waals surface area contributed by atoms with Crippen molar-refractivity contribution in [1.82, 2.24) is 5.32 Å². The van der Waals surface area contributed by atoms with Gasteiger partial charge < -0.3 is 16.2 Å². The van der Waals surface area contributed by atoms with Gasteiger partial charge in [0.1, 0.15) is 0 Å². The van der Waals surface area contributed by atoms with Gasteiger partial charge in [0.05, 0.1) is 11.3 Å². The first kappa shape index (κ1) is 12.1. The SMILES string of the molecule is Nc1cccc(C(=O)NC2CCCSC2)c1O. The molecule has 0 bridgehead atoms. The van der Waals surface area contributed by atoms with Crippen molar-refractivity contribution in [1.29, 1.82) is 0 Å². The average Bonchev–Trinajstić information content (AvgIpc) is 2.34. The Labute approximate surface area is 105 Å². The summed E-state index contributed by atoms with van der Waals surface area (Å²) in [6.07, 6.45) is 2.13. The van der Waals surface area contributed by atoms with Gasteiger partial charge in [-0.25, -0.2) is 0 Å². The summed E-state index contributed by atoms with van der Waals surface area (Å²) in [7, 11) is 0. The van der Waals surface area contributed by atoms with E-state index in [1.807, 2.05) is 11.8 Å². The first-order valence-corrected chi connectivity index (χ1v) is 6.80. The van der Waals surface area contributed by atoms with Crippen LogP contribution in [0.1, 0.15) is 23.2 Å². The minimum atomic E-state index is -0.248. The molecule has 92 valence electrons. The number of rotatable bonds is 2. The van der Waals surface area contributed by atoms with Crippen molar-refractivity contribution in [3.63, 3.8) is 0 Å². The van der Waals surface area contributed by atoms with Crippen molar-refractivity contribution in [3.8, 4) is 5.75 Å². The van der Waals surface area contributed by atoms with E-state index in [2.05, 4.69) is 5.32 Å². The second-order valence-electron chi connectivity index (χ2n) is 4.13. The summed E-state index contributed by atoms with van der Waals surface area (Å²) in [5.41, 5.74) is 6.04. The number of amides is 1. The molecule has 1 unspecified atom stereocenters. The van der Waals surface area contributed by atoms with Crippen LogP contribution in [0.15, 0.2) is 18.2 Å². The maximum Gasteiger partial charge on any atom is 0.255 e. The van der Waals surface area contributed by atoms with Gasteiger partial charge in [-0.3, -0.25) is 4.79 Å². The Bertz CT molecular complexity index is 417. The number of phenolic OH excluding ortho intramolecular Hbond substituents is 1. The summed E-state index contributed by atoms with van der Waals surface area (Å²) in [5, 5.41) is 12.6. The average molecular weight is 252 g/mol. The number of nitrogen functional groups attached to an aromatic ring is 1. The van der Waals surface area contributed by atoms with Crippen molar-refractivity contribution >= 4 is 23.4 Å². The van der Waals surface area contributed by atoms with Gasteiger partial charge in [0.25, 0.3) is 5.91 Å². The number of hydrogen-bond donors (Lipinski definition) is 3. The molecule has 4 N–H and O–H groups in total. The number of carbonyl (C=O) groups excluding carboxylic acids is 1. The Morgan fingerprint density at radius 3 is 3.06 bits per heavy atom. The van der Waals surface area contributed by atoms with E-state index in [4.69, 9.17) is 5.73 Å². The Kier molecular flexibility index (Phi) is 3.78.